The van der Waals surface area contributed by atoms with Gasteiger partial charge in [0.15, 0.2) is 5.01 Å². The highest BCUT2D eigenvalue weighted by Gasteiger charge is 2.01. The number of nitrogens with one attached hydrogen (secondary N) is 1. The molecule has 0 amide bonds. The summed E-state index contributed by atoms with van der Waals surface area (Å²) >= 11 is 1.23. The molecule has 0 aliphatic rings. The molecule has 0 saturated heterocycles. The molecule has 0 spiro atoms. The van der Waals surface area contributed by atoms with Crippen molar-refractivity contribution in [1.82, 2.24) is 5.16 Å². The summed E-state index contributed by atoms with van der Waals surface area (Å²) in [7, 11) is 0. The van der Waals surface area contributed by atoms with E-state index in [-0.39, 0.29) is 4.87 Å². The van der Waals surface area contributed by atoms with Crippen LogP contribution in [0.5, 0.6) is 0 Å². The first-order valence-corrected chi connectivity index (χ1v) is 4.25. The second kappa shape index (κ2) is 2.91. The van der Waals surface area contributed by atoms with Gasteiger partial charge in [-0.15, -0.1) is 0 Å². The van der Waals surface area contributed by atoms with E-state index >= 15 is 0 Å². The Morgan fingerprint density at radius 2 is 2.00 bits per heavy atom. The Bertz CT molecular complexity index is 418. The molecule has 60 valence electrons. The van der Waals surface area contributed by atoms with Crippen LogP contribution in [0, 0.1) is 5.41 Å². The van der Waals surface area contributed by atoms with Crippen molar-refractivity contribution in [3.8, 4) is 10.6 Å². The van der Waals surface area contributed by atoms with Crippen molar-refractivity contribution in [2.45, 2.75) is 0 Å². The van der Waals surface area contributed by atoms with E-state index in [0.717, 1.165) is 10.6 Å². The zero-order chi connectivity index (χ0) is 8.39. The standard InChI is InChI=1S/C8H6N2OS/c9-8-11-10-7(12-8)6-4-2-1-3-5-6/h1-5,9H. The van der Waals surface area contributed by atoms with Crippen LogP contribution in [0.1, 0.15) is 0 Å². The van der Waals surface area contributed by atoms with Crippen LogP contribution in [-0.4, -0.2) is 5.16 Å². The van der Waals surface area contributed by atoms with Crippen molar-refractivity contribution in [3.63, 3.8) is 0 Å². The normalized spacial score (nSPS) is 10.0. The highest BCUT2D eigenvalue weighted by Crippen LogP contribution is 2.17. The van der Waals surface area contributed by atoms with E-state index in [9.17, 15) is 0 Å². The zero-order valence-electron chi connectivity index (χ0n) is 6.15. The van der Waals surface area contributed by atoms with Gasteiger partial charge in [0.1, 0.15) is 0 Å². The van der Waals surface area contributed by atoms with Crippen LogP contribution < -0.4 is 4.87 Å². The predicted molar refractivity (Wildman–Crippen MR) is 45.7 cm³/mol. The number of aromatic nitrogens is 1. The molecule has 2 rings (SSSR count). The fourth-order valence-electron chi connectivity index (χ4n) is 0.900. The number of nitrogens with zero attached hydrogens (tertiary/aromatic N) is 1. The van der Waals surface area contributed by atoms with E-state index in [2.05, 4.69) is 9.68 Å². The summed E-state index contributed by atoms with van der Waals surface area (Å²) in [6, 6.07) is 9.68. The maximum absolute atomic E-state index is 7.15. The first-order chi connectivity index (χ1) is 5.86. The van der Waals surface area contributed by atoms with E-state index in [1.165, 1.54) is 11.3 Å². The lowest BCUT2D eigenvalue weighted by Gasteiger charge is -1.89. The quantitative estimate of drug-likeness (QED) is 0.724. The second-order valence-electron chi connectivity index (χ2n) is 2.24. The summed E-state index contributed by atoms with van der Waals surface area (Å²) in [6.07, 6.45) is 0. The highest BCUT2D eigenvalue weighted by molar-refractivity contribution is 7.12. The summed E-state index contributed by atoms with van der Waals surface area (Å²) in [5, 5.41) is 11.6. The average molecular weight is 178 g/mol. The Hall–Kier alpha value is -1.42. The third kappa shape index (κ3) is 1.29. The summed E-state index contributed by atoms with van der Waals surface area (Å²) in [4.78, 5) is 0.133. The van der Waals surface area contributed by atoms with E-state index in [4.69, 9.17) is 5.41 Å². The lowest BCUT2D eigenvalue weighted by molar-refractivity contribution is 0.383. The topological polar surface area (TPSA) is 49.9 Å². The van der Waals surface area contributed by atoms with Crippen LogP contribution in [0.4, 0.5) is 0 Å². The first kappa shape index (κ1) is 7.24. The molecular weight excluding hydrogens is 172 g/mol. The third-order valence-corrected chi connectivity index (χ3v) is 2.19. The molecule has 0 fully saturated rings. The van der Waals surface area contributed by atoms with Gasteiger partial charge in [0, 0.05) is 5.56 Å². The molecule has 1 aromatic carbocycles. The van der Waals surface area contributed by atoms with Gasteiger partial charge in [-0.25, -0.2) is 0 Å². The molecule has 0 atom stereocenters. The molecule has 1 heterocycles. The molecule has 1 aromatic heterocycles. The summed E-state index contributed by atoms with van der Waals surface area (Å²) in [5.41, 5.74) is 0.991. The maximum atomic E-state index is 7.15. The smallest absolute Gasteiger partial charge is 0.300 e. The van der Waals surface area contributed by atoms with Crippen LogP contribution in [0.25, 0.3) is 10.6 Å². The van der Waals surface area contributed by atoms with Crippen LogP contribution >= 0.6 is 11.3 Å². The van der Waals surface area contributed by atoms with Crippen molar-refractivity contribution in [2.24, 2.45) is 0 Å². The summed E-state index contributed by atoms with van der Waals surface area (Å²) in [6.45, 7) is 0. The minimum atomic E-state index is 0.133. The van der Waals surface area contributed by atoms with Gasteiger partial charge in [-0.05, 0) is 0 Å². The molecule has 12 heavy (non-hydrogen) atoms. The van der Waals surface area contributed by atoms with Crippen LogP contribution in [-0.2, 0) is 0 Å². The van der Waals surface area contributed by atoms with Gasteiger partial charge in [0.05, 0.1) is 0 Å². The monoisotopic (exact) mass is 178 g/mol. The largest absolute Gasteiger partial charge is 0.324 e. The molecule has 3 nitrogen and oxygen atoms in total. The molecular formula is C8H6N2OS. The predicted octanol–water partition coefficient (Wildman–Crippen LogP) is 1.88. The molecule has 0 radical (unpaired) electrons. The van der Waals surface area contributed by atoms with Crippen molar-refractivity contribution in [2.75, 3.05) is 0 Å². The van der Waals surface area contributed by atoms with Gasteiger partial charge in [0.25, 0.3) is 4.87 Å². The Kier molecular flexibility index (Phi) is 1.75. The minimum Gasteiger partial charge on any atom is -0.324 e. The van der Waals surface area contributed by atoms with Gasteiger partial charge in [-0.2, -0.15) is 0 Å². The molecule has 2 aromatic rings. The van der Waals surface area contributed by atoms with Crippen LogP contribution in [0.15, 0.2) is 34.9 Å². The van der Waals surface area contributed by atoms with Crippen molar-refractivity contribution in [1.29, 1.82) is 5.41 Å². The fourth-order valence-corrected chi connectivity index (χ4v) is 1.48. The average Bonchev–Trinajstić information content (AvgIpc) is 2.54. The third-order valence-electron chi connectivity index (χ3n) is 1.42. The molecule has 4 heteroatoms. The fraction of sp³-hybridized carbons (Fsp3) is 0. The van der Waals surface area contributed by atoms with Crippen molar-refractivity contribution in [3.05, 3.63) is 35.2 Å². The summed E-state index contributed by atoms with van der Waals surface area (Å²) < 4.78 is 4.65. The molecule has 1 N–H and O–H groups in total. The van der Waals surface area contributed by atoms with Gasteiger partial charge in [-0.1, -0.05) is 46.8 Å². The van der Waals surface area contributed by atoms with Crippen LogP contribution in [0.3, 0.4) is 0 Å². The van der Waals surface area contributed by atoms with Gasteiger partial charge >= 0.3 is 0 Å². The van der Waals surface area contributed by atoms with Gasteiger partial charge in [0.2, 0.25) is 0 Å². The Morgan fingerprint density at radius 1 is 1.25 bits per heavy atom. The van der Waals surface area contributed by atoms with E-state index in [1.807, 2.05) is 30.3 Å². The van der Waals surface area contributed by atoms with E-state index < -0.39 is 0 Å². The SMILES string of the molecule is N=c1onc(-c2ccccc2)s1. The van der Waals surface area contributed by atoms with E-state index in [0.29, 0.717) is 0 Å². The van der Waals surface area contributed by atoms with Gasteiger partial charge < -0.3 is 4.52 Å². The number of rotatable bonds is 1. The Labute approximate surface area is 72.8 Å². The molecule has 0 aliphatic carbocycles. The number of hydrogen-bond acceptors (Lipinski definition) is 4. The molecule has 0 aliphatic heterocycles. The van der Waals surface area contributed by atoms with Crippen molar-refractivity contribution < 1.29 is 4.52 Å². The lowest BCUT2D eigenvalue weighted by Crippen LogP contribution is -1.80. The minimum absolute atomic E-state index is 0.133. The molecule has 0 bridgehead atoms. The number of benzene rings is 1. The summed E-state index contributed by atoms with van der Waals surface area (Å²) in [5.74, 6) is 0. The van der Waals surface area contributed by atoms with Gasteiger partial charge in [-0.3, -0.25) is 5.41 Å². The highest BCUT2D eigenvalue weighted by atomic mass is 32.1. The molecule has 0 unspecified atom stereocenters. The Balaban J connectivity index is 2.51. The zero-order valence-corrected chi connectivity index (χ0v) is 6.97. The molecule has 0 saturated carbocycles. The van der Waals surface area contributed by atoms with E-state index in [1.54, 1.807) is 0 Å². The number of hydrogen-bond donors (Lipinski definition) is 1. The van der Waals surface area contributed by atoms with Crippen molar-refractivity contribution >= 4 is 11.3 Å². The Morgan fingerprint density at radius 3 is 2.58 bits per heavy atom. The lowest BCUT2D eigenvalue weighted by atomic mass is 10.2. The maximum Gasteiger partial charge on any atom is 0.300 e. The van der Waals surface area contributed by atoms with Crippen LogP contribution in [0.2, 0.25) is 0 Å². The second-order valence-corrected chi connectivity index (χ2v) is 3.20. The first-order valence-electron chi connectivity index (χ1n) is 3.43.